The van der Waals surface area contributed by atoms with Gasteiger partial charge in [0.2, 0.25) is 0 Å². The van der Waals surface area contributed by atoms with Crippen molar-refractivity contribution >= 4 is 35.0 Å². The molecule has 0 aromatic carbocycles. The molecule has 236 valence electrons. The smallest absolute Gasteiger partial charge is 0.316 e. The van der Waals surface area contributed by atoms with Gasteiger partial charge in [-0.1, -0.05) is 127 Å². The highest BCUT2D eigenvalue weighted by Gasteiger charge is 1.96. The maximum atomic E-state index is 10.3. The van der Waals surface area contributed by atoms with Gasteiger partial charge in [-0.15, -0.1) is 0 Å². The second-order valence-corrected chi connectivity index (χ2v) is 10.7. The largest absolute Gasteiger partial charge is 0.481 e. The van der Waals surface area contributed by atoms with E-state index in [9.17, 15) is 9.59 Å². The first-order chi connectivity index (χ1) is 19.5. The van der Waals surface area contributed by atoms with Crippen molar-refractivity contribution in [3.05, 3.63) is 48.6 Å². The zero-order valence-corrected chi connectivity index (χ0v) is 26.3. The van der Waals surface area contributed by atoms with Crippen LogP contribution in [0.25, 0.3) is 0 Å². The molecule has 0 radical (unpaired) electrons. The summed E-state index contributed by atoms with van der Waals surface area (Å²) < 4.78 is 0. The van der Waals surface area contributed by atoms with E-state index in [1.165, 1.54) is 89.9 Å². The van der Waals surface area contributed by atoms with Gasteiger partial charge < -0.3 is 10.2 Å². The summed E-state index contributed by atoms with van der Waals surface area (Å²) in [5.74, 6) is -1.34. The molecule has 0 aliphatic rings. The van der Waals surface area contributed by atoms with Gasteiger partial charge in [-0.05, 0) is 77.0 Å². The Hall–Kier alpha value is -1.33. The second-order valence-electron chi connectivity index (χ2n) is 10.7. The maximum Gasteiger partial charge on any atom is 0.316 e. The molecule has 0 fully saturated rings. The summed E-state index contributed by atoms with van der Waals surface area (Å²) in [5.41, 5.74) is 0. The van der Waals surface area contributed by atoms with Gasteiger partial charge >= 0.3 is 35.0 Å². The van der Waals surface area contributed by atoms with Crippen molar-refractivity contribution in [2.24, 2.45) is 0 Å². The standard InChI is InChI=1S/2C18H32O2.Mg.2H/c2*1-2-3-4-5-6-7-8-9-10-11-12-13-14-15-16-17-18(19)20;;;/h2*6-7,9-10H,2-5,8,11-17H2,1H3,(H,19,20);;;/b2*7-6-,10-9-;;;. The number of carboxylic acids is 2. The molecule has 0 aliphatic heterocycles. The van der Waals surface area contributed by atoms with Crippen molar-refractivity contribution in [1.29, 1.82) is 0 Å². The van der Waals surface area contributed by atoms with Gasteiger partial charge in [-0.25, -0.2) is 0 Å². The van der Waals surface area contributed by atoms with E-state index < -0.39 is 11.9 Å². The van der Waals surface area contributed by atoms with Crippen LogP contribution in [0.2, 0.25) is 0 Å². The highest BCUT2D eigenvalue weighted by molar-refractivity contribution is 5.75. The number of unbranched alkanes of at least 4 members (excludes halogenated alkanes) is 16. The molecule has 0 bridgehead atoms. The van der Waals surface area contributed by atoms with E-state index in [0.29, 0.717) is 12.8 Å². The van der Waals surface area contributed by atoms with E-state index in [2.05, 4.69) is 62.5 Å². The number of aliphatic carboxylic acids is 2. The molecule has 4 nitrogen and oxygen atoms in total. The number of hydrogen-bond acceptors (Lipinski definition) is 2. The summed E-state index contributed by atoms with van der Waals surface area (Å²) in [6, 6.07) is 0. The molecule has 0 rings (SSSR count). The average molecular weight is 587 g/mol. The van der Waals surface area contributed by atoms with E-state index in [1.54, 1.807) is 0 Å². The first-order valence-corrected chi connectivity index (χ1v) is 16.6. The van der Waals surface area contributed by atoms with Gasteiger partial charge in [-0.3, -0.25) is 9.59 Å². The van der Waals surface area contributed by atoms with Crippen LogP contribution in [-0.2, 0) is 9.59 Å². The Bertz CT molecular complexity index is 596. The van der Waals surface area contributed by atoms with Crippen molar-refractivity contribution < 1.29 is 19.8 Å². The SMILES string of the molecule is CCCCC/C=C\C/C=C\CCCCCCCC(=O)O.CCCCC/C=C\C/C=C\CCCCCCCC(=O)O.[MgH2]. The van der Waals surface area contributed by atoms with Crippen LogP contribution in [0.3, 0.4) is 0 Å². The monoisotopic (exact) mass is 586 g/mol. The van der Waals surface area contributed by atoms with Crippen molar-refractivity contribution in [2.75, 3.05) is 0 Å². The molecule has 2 N–H and O–H groups in total. The molecule has 5 heteroatoms. The Morgan fingerprint density at radius 3 is 0.976 bits per heavy atom. The van der Waals surface area contributed by atoms with Crippen LogP contribution in [0.4, 0.5) is 0 Å². The van der Waals surface area contributed by atoms with Crippen LogP contribution in [0.1, 0.15) is 168 Å². The fourth-order valence-electron chi connectivity index (χ4n) is 4.18. The lowest BCUT2D eigenvalue weighted by molar-refractivity contribution is -0.138. The zero-order valence-electron chi connectivity index (χ0n) is 26.3. The number of allylic oxidation sites excluding steroid dienone is 8. The number of hydrogen-bond donors (Lipinski definition) is 2. The first-order valence-electron chi connectivity index (χ1n) is 16.6. The fourth-order valence-corrected chi connectivity index (χ4v) is 4.18. The van der Waals surface area contributed by atoms with Gasteiger partial charge in [0.1, 0.15) is 0 Å². The molecule has 0 amide bonds. The summed E-state index contributed by atoms with van der Waals surface area (Å²) in [6.07, 6.45) is 44.6. The molecule has 0 aromatic rings. The third-order valence-corrected chi connectivity index (χ3v) is 6.68. The summed E-state index contributed by atoms with van der Waals surface area (Å²) in [7, 11) is 0. The Morgan fingerprint density at radius 2 is 0.683 bits per heavy atom. The van der Waals surface area contributed by atoms with Crippen LogP contribution in [-0.4, -0.2) is 45.2 Å². The molecular formula is C36H66MgO4. The Labute approximate surface area is 270 Å². The van der Waals surface area contributed by atoms with E-state index in [1.807, 2.05) is 0 Å². The van der Waals surface area contributed by atoms with Crippen molar-refractivity contribution in [2.45, 2.75) is 168 Å². The Kier molecular flexibility index (Phi) is 43.9. The highest BCUT2D eigenvalue weighted by Crippen LogP contribution is 2.09. The highest BCUT2D eigenvalue weighted by atomic mass is 24.3. The lowest BCUT2D eigenvalue weighted by Gasteiger charge is -1.98. The molecule has 0 saturated heterocycles. The molecule has 0 spiro atoms. The van der Waals surface area contributed by atoms with Gasteiger partial charge in [0.15, 0.2) is 0 Å². The third-order valence-electron chi connectivity index (χ3n) is 6.68. The van der Waals surface area contributed by atoms with Crippen molar-refractivity contribution in [3.8, 4) is 0 Å². The fraction of sp³-hybridized carbons (Fsp3) is 0.722. The lowest BCUT2D eigenvalue weighted by atomic mass is 10.1. The van der Waals surface area contributed by atoms with Crippen LogP contribution in [0.15, 0.2) is 48.6 Å². The third kappa shape index (κ3) is 48.7. The molecular weight excluding hydrogens is 521 g/mol. The van der Waals surface area contributed by atoms with Crippen LogP contribution < -0.4 is 0 Å². The Balaban J connectivity index is -0.000000688. The normalized spacial score (nSPS) is 11.4. The minimum absolute atomic E-state index is 0. The molecule has 0 heterocycles. The number of rotatable bonds is 28. The van der Waals surface area contributed by atoms with Crippen LogP contribution in [0, 0.1) is 0 Å². The van der Waals surface area contributed by atoms with Gasteiger partial charge in [0.05, 0.1) is 0 Å². The predicted molar refractivity (Wildman–Crippen MR) is 183 cm³/mol. The molecule has 0 aliphatic carbocycles. The summed E-state index contributed by atoms with van der Waals surface area (Å²) in [6.45, 7) is 4.47. The Morgan fingerprint density at radius 1 is 0.415 bits per heavy atom. The van der Waals surface area contributed by atoms with Gasteiger partial charge in [0, 0.05) is 12.8 Å². The summed E-state index contributed by atoms with van der Waals surface area (Å²) >= 11 is 0. The van der Waals surface area contributed by atoms with Crippen molar-refractivity contribution in [1.82, 2.24) is 0 Å². The van der Waals surface area contributed by atoms with Crippen molar-refractivity contribution in [3.63, 3.8) is 0 Å². The van der Waals surface area contributed by atoms with E-state index >= 15 is 0 Å². The second kappa shape index (κ2) is 40.8. The number of carboxylic acid groups (broad SMARTS) is 2. The minimum Gasteiger partial charge on any atom is -0.481 e. The quantitative estimate of drug-likeness (QED) is 0.0543. The van der Waals surface area contributed by atoms with E-state index in [4.69, 9.17) is 10.2 Å². The van der Waals surface area contributed by atoms with Crippen LogP contribution >= 0.6 is 0 Å². The number of carbonyl (C=O) groups is 2. The molecule has 41 heavy (non-hydrogen) atoms. The average Bonchev–Trinajstić information content (AvgIpc) is 2.93. The molecule has 0 saturated carbocycles. The first kappa shape index (κ1) is 44.1. The molecule has 0 aromatic heterocycles. The summed E-state index contributed by atoms with van der Waals surface area (Å²) in [4.78, 5) is 20.6. The zero-order chi connectivity index (χ0) is 29.8. The van der Waals surface area contributed by atoms with Crippen LogP contribution in [0.5, 0.6) is 0 Å². The lowest BCUT2D eigenvalue weighted by Crippen LogP contribution is -1.93. The van der Waals surface area contributed by atoms with Gasteiger partial charge in [-0.2, -0.15) is 0 Å². The molecule has 0 atom stereocenters. The predicted octanol–water partition coefficient (Wildman–Crippen LogP) is 10.9. The van der Waals surface area contributed by atoms with E-state index in [0.717, 1.165) is 51.4 Å². The van der Waals surface area contributed by atoms with E-state index in [-0.39, 0.29) is 23.1 Å². The topological polar surface area (TPSA) is 74.6 Å². The minimum atomic E-state index is -0.671. The maximum absolute atomic E-state index is 10.3. The summed E-state index contributed by atoms with van der Waals surface area (Å²) in [5, 5.41) is 17.0. The molecule has 0 unspecified atom stereocenters. The van der Waals surface area contributed by atoms with Gasteiger partial charge in [0.25, 0.3) is 0 Å².